The van der Waals surface area contributed by atoms with Crippen LogP contribution in [0.25, 0.3) is 10.4 Å². The van der Waals surface area contributed by atoms with Gasteiger partial charge >= 0.3 is 0 Å². The zero-order valence-corrected chi connectivity index (χ0v) is 10.3. The first kappa shape index (κ1) is 13.2. The predicted octanol–water partition coefficient (Wildman–Crippen LogP) is 3.94. The summed E-state index contributed by atoms with van der Waals surface area (Å²) in [6.45, 7) is 4.86. The van der Waals surface area contributed by atoms with Gasteiger partial charge in [-0.05, 0) is 35.6 Å². The van der Waals surface area contributed by atoms with Crippen molar-refractivity contribution in [2.24, 2.45) is 11.0 Å². The molecular formula is C14H17N3. The Kier molecular flexibility index (Phi) is 5.71. The SMILES string of the molecule is CC(C)Cc1ccc(C#CCCN=[N+]=[N-])cc1. The molecule has 0 atom stereocenters. The molecule has 1 aromatic rings. The third-order valence-electron chi connectivity index (χ3n) is 2.23. The third-order valence-corrected chi connectivity index (χ3v) is 2.23. The van der Waals surface area contributed by atoms with Crippen LogP contribution in [-0.2, 0) is 6.42 Å². The minimum Gasteiger partial charge on any atom is -0.0978 e. The molecule has 3 nitrogen and oxygen atoms in total. The van der Waals surface area contributed by atoms with Gasteiger partial charge in [-0.2, -0.15) is 0 Å². The molecule has 0 bridgehead atoms. The number of nitrogens with zero attached hydrogens (tertiary/aromatic N) is 3. The first-order valence-electron chi connectivity index (χ1n) is 5.81. The lowest BCUT2D eigenvalue weighted by molar-refractivity contribution is 0.647. The highest BCUT2D eigenvalue weighted by molar-refractivity contribution is 5.36. The molecule has 0 amide bonds. The molecule has 88 valence electrons. The van der Waals surface area contributed by atoms with Crippen LogP contribution in [0.1, 0.15) is 31.4 Å². The van der Waals surface area contributed by atoms with Crippen LogP contribution in [0.5, 0.6) is 0 Å². The van der Waals surface area contributed by atoms with Gasteiger partial charge in [-0.25, -0.2) is 0 Å². The molecule has 0 aromatic heterocycles. The molecule has 0 unspecified atom stereocenters. The second-order valence-corrected chi connectivity index (χ2v) is 4.30. The van der Waals surface area contributed by atoms with Gasteiger partial charge < -0.3 is 0 Å². The van der Waals surface area contributed by atoms with E-state index in [9.17, 15) is 0 Å². The maximum Gasteiger partial charge on any atom is 0.0367 e. The van der Waals surface area contributed by atoms with Gasteiger partial charge in [-0.3, -0.25) is 0 Å². The van der Waals surface area contributed by atoms with E-state index >= 15 is 0 Å². The standard InChI is InChI=1S/C14H17N3/c1-12(2)11-14-8-6-13(7-9-14)5-3-4-10-16-17-15/h6-9,12H,4,10-11H2,1-2H3. The molecule has 3 heteroatoms. The predicted molar refractivity (Wildman–Crippen MR) is 70.5 cm³/mol. The fourth-order valence-electron chi connectivity index (χ4n) is 1.51. The second kappa shape index (κ2) is 7.38. The highest BCUT2D eigenvalue weighted by Gasteiger charge is 1.96. The van der Waals surface area contributed by atoms with Gasteiger partial charge in [0.1, 0.15) is 0 Å². The Hall–Kier alpha value is -1.91. The van der Waals surface area contributed by atoms with Crippen LogP contribution in [0.3, 0.4) is 0 Å². The van der Waals surface area contributed by atoms with E-state index in [0.717, 1.165) is 12.0 Å². The third kappa shape index (κ3) is 5.65. The molecule has 1 rings (SSSR count). The topological polar surface area (TPSA) is 48.8 Å². The molecule has 0 heterocycles. The minimum atomic E-state index is 0.439. The van der Waals surface area contributed by atoms with Crippen molar-refractivity contribution in [2.45, 2.75) is 26.7 Å². The summed E-state index contributed by atoms with van der Waals surface area (Å²) in [5, 5.41) is 3.43. The van der Waals surface area contributed by atoms with Crippen molar-refractivity contribution in [3.8, 4) is 11.8 Å². The van der Waals surface area contributed by atoms with Crippen LogP contribution in [0.4, 0.5) is 0 Å². The normalized spacial score (nSPS) is 9.35. The van der Waals surface area contributed by atoms with Crippen molar-refractivity contribution in [3.05, 3.63) is 45.8 Å². The van der Waals surface area contributed by atoms with Gasteiger partial charge in [0, 0.05) is 23.4 Å². The number of azide groups is 1. The number of hydrogen-bond donors (Lipinski definition) is 0. The van der Waals surface area contributed by atoms with E-state index in [4.69, 9.17) is 5.53 Å². The van der Waals surface area contributed by atoms with Crippen LogP contribution in [0, 0.1) is 17.8 Å². The Morgan fingerprint density at radius 2 is 2.00 bits per heavy atom. The summed E-state index contributed by atoms with van der Waals surface area (Å²) in [7, 11) is 0. The molecule has 1 aromatic carbocycles. The summed E-state index contributed by atoms with van der Waals surface area (Å²) in [6, 6.07) is 8.32. The van der Waals surface area contributed by atoms with E-state index in [-0.39, 0.29) is 0 Å². The molecule has 0 aliphatic carbocycles. The molecule has 0 saturated heterocycles. The summed E-state index contributed by atoms with van der Waals surface area (Å²) in [6.07, 6.45) is 1.71. The van der Waals surface area contributed by atoms with Crippen molar-refractivity contribution in [1.82, 2.24) is 0 Å². The van der Waals surface area contributed by atoms with Crippen molar-refractivity contribution in [2.75, 3.05) is 6.54 Å². The number of rotatable bonds is 4. The van der Waals surface area contributed by atoms with E-state index in [1.165, 1.54) is 5.56 Å². The number of hydrogen-bond acceptors (Lipinski definition) is 1. The molecule has 0 spiro atoms. The zero-order chi connectivity index (χ0) is 12.5. The first-order chi connectivity index (χ1) is 8.22. The maximum atomic E-state index is 8.10. The van der Waals surface area contributed by atoms with E-state index < -0.39 is 0 Å². The van der Waals surface area contributed by atoms with Gasteiger partial charge in [0.2, 0.25) is 0 Å². The highest BCUT2D eigenvalue weighted by atomic mass is 15.1. The van der Waals surface area contributed by atoms with Crippen LogP contribution >= 0.6 is 0 Å². The molecular weight excluding hydrogens is 210 g/mol. The Morgan fingerprint density at radius 3 is 2.59 bits per heavy atom. The van der Waals surface area contributed by atoms with Gasteiger partial charge in [-0.15, -0.1) is 0 Å². The molecule has 0 saturated carbocycles. The summed E-state index contributed by atoms with van der Waals surface area (Å²) in [5.74, 6) is 6.71. The summed E-state index contributed by atoms with van der Waals surface area (Å²) < 4.78 is 0. The van der Waals surface area contributed by atoms with Crippen LogP contribution in [0.15, 0.2) is 29.4 Å². The monoisotopic (exact) mass is 227 g/mol. The van der Waals surface area contributed by atoms with Gasteiger partial charge in [0.25, 0.3) is 0 Å². The molecule has 0 aliphatic heterocycles. The Bertz CT molecular complexity index is 443. The lowest BCUT2D eigenvalue weighted by Crippen LogP contribution is -1.93. The summed E-state index contributed by atoms with van der Waals surface area (Å²) in [4.78, 5) is 2.68. The van der Waals surface area contributed by atoms with E-state index in [1.807, 2.05) is 12.1 Å². The van der Waals surface area contributed by atoms with E-state index in [2.05, 4.69) is 47.8 Å². The lowest BCUT2D eigenvalue weighted by Gasteiger charge is -2.03. The fourth-order valence-corrected chi connectivity index (χ4v) is 1.51. The van der Waals surface area contributed by atoms with Crippen molar-refractivity contribution in [3.63, 3.8) is 0 Å². The number of benzene rings is 1. The average Bonchev–Trinajstić information content (AvgIpc) is 2.30. The Labute approximate surface area is 102 Å². The summed E-state index contributed by atoms with van der Waals surface area (Å²) >= 11 is 0. The first-order valence-corrected chi connectivity index (χ1v) is 5.81. The van der Waals surface area contributed by atoms with E-state index in [0.29, 0.717) is 18.9 Å². The van der Waals surface area contributed by atoms with Gasteiger partial charge in [0.15, 0.2) is 0 Å². The van der Waals surface area contributed by atoms with Crippen molar-refractivity contribution >= 4 is 0 Å². The summed E-state index contributed by atoms with van der Waals surface area (Å²) in [5.41, 5.74) is 10.5. The largest absolute Gasteiger partial charge is 0.0978 e. The molecule has 0 radical (unpaired) electrons. The van der Waals surface area contributed by atoms with Crippen LogP contribution < -0.4 is 0 Å². The lowest BCUT2D eigenvalue weighted by atomic mass is 10.0. The maximum absolute atomic E-state index is 8.10. The van der Waals surface area contributed by atoms with E-state index in [1.54, 1.807) is 0 Å². The minimum absolute atomic E-state index is 0.439. The van der Waals surface area contributed by atoms with Crippen molar-refractivity contribution in [1.29, 1.82) is 0 Å². The second-order valence-electron chi connectivity index (χ2n) is 4.30. The Balaban J connectivity index is 2.52. The van der Waals surface area contributed by atoms with Crippen LogP contribution in [0.2, 0.25) is 0 Å². The fraction of sp³-hybridized carbons (Fsp3) is 0.429. The quantitative estimate of drug-likeness (QED) is 0.246. The average molecular weight is 227 g/mol. The Morgan fingerprint density at radius 1 is 1.29 bits per heavy atom. The highest BCUT2D eigenvalue weighted by Crippen LogP contribution is 2.09. The molecule has 0 N–H and O–H groups in total. The van der Waals surface area contributed by atoms with Crippen molar-refractivity contribution < 1.29 is 0 Å². The van der Waals surface area contributed by atoms with Crippen LogP contribution in [-0.4, -0.2) is 6.54 Å². The molecule has 0 fully saturated rings. The van der Waals surface area contributed by atoms with Gasteiger partial charge in [-0.1, -0.05) is 42.9 Å². The molecule has 0 aliphatic rings. The van der Waals surface area contributed by atoms with Gasteiger partial charge in [0.05, 0.1) is 0 Å². The smallest absolute Gasteiger partial charge is 0.0367 e. The zero-order valence-electron chi connectivity index (χ0n) is 10.3. The molecule has 17 heavy (non-hydrogen) atoms.